The molecule has 7 nitrogen and oxygen atoms in total. The fraction of sp³-hybridized carbons (Fsp3) is 0.320. The molecule has 1 aromatic heterocycles. The molecule has 1 N–H and O–H groups in total. The quantitative estimate of drug-likeness (QED) is 0.503. The van der Waals surface area contributed by atoms with Crippen LogP contribution in [0.5, 0.6) is 5.75 Å². The van der Waals surface area contributed by atoms with E-state index in [4.69, 9.17) is 16.3 Å². The zero-order valence-electron chi connectivity index (χ0n) is 18.8. The lowest BCUT2D eigenvalue weighted by molar-refractivity contribution is -0.114. The zero-order valence-corrected chi connectivity index (χ0v) is 19.6. The van der Waals surface area contributed by atoms with Gasteiger partial charge in [0.2, 0.25) is 0 Å². The molecule has 3 aromatic rings. The summed E-state index contributed by atoms with van der Waals surface area (Å²) in [6, 6.07) is 8.65. The van der Waals surface area contributed by atoms with E-state index in [0.29, 0.717) is 53.0 Å². The average molecular weight is 482 g/mol. The number of rotatable bonds is 6. The topological polar surface area (TPSA) is 70.6 Å². The van der Waals surface area contributed by atoms with Crippen LogP contribution in [0, 0.1) is 5.82 Å². The molecule has 1 amide bonds. The second-order valence-corrected chi connectivity index (χ2v) is 8.96. The number of nitrogens with zero attached hydrogens (tertiary/aromatic N) is 4. The number of amides is 1. The van der Waals surface area contributed by atoms with Crippen molar-refractivity contribution in [3.05, 3.63) is 59.7 Å². The number of fused-ring (bicyclic) bond motifs is 3. The van der Waals surface area contributed by atoms with Crippen molar-refractivity contribution in [3.63, 3.8) is 0 Å². The molecule has 1 fully saturated rings. The Morgan fingerprint density at radius 1 is 1.32 bits per heavy atom. The van der Waals surface area contributed by atoms with E-state index in [-0.39, 0.29) is 10.9 Å². The zero-order chi connectivity index (χ0) is 23.7. The van der Waals surface area contributed by atoms with Crippen molar-refractivity contribution >= 4 is 45.6 Å². The SMILES string of the molecule is CN(C/C=C/C(=O)N1CCOc2c1ccc1ncnc(Nc3ccc(F)c(Cl)c3)c21)C1CCC1. The van der Waals surface area contributed by atoms with Gasteiger partial charge in [-0.05, 0) is 50.2 Å². The predicted octanol–water partition coefficient (Wildman–Crippen LogP) is 4.93. The van der Waals surface area contributed by atoms with Crippen LogP contribution in [-0.4, -0.2) is 53.6 Å². The lowest BCUT2D eigenvalue weighted by Crippen LogP contribution is -2.38. The summed E-state index contributed by atoms with van der Waals surface area (Å²) in [5.74, 6) is 0.425. The Kier molecular flexibility index (Phi) is 6.34. The summed E-state index contributed by atoms with van der Waals surface area (Å²) in [7, 11) is 2.09. The first-order chi connectivity index (χ1) is 16.5. The molecule has 2 aromatic carbocycles. The van der Waals surface area contributed by atoms with Crippen LogP contribution in [0.2, 0.25) is 5.02 Å². The molecule has 176 valence electrons. The molecule has 1 aliphatic carbocycles. The van der Waals surface area contributed by atoms with Gasteiger partial charge in [-0.25, -0.2) is 14.4 Å². The summed E-state index contributed by atoms with van der Waals surface area (Å²) in [5.41, 5.74) is 1.90. The lowest BCUT2D eigenvalue weighted by atomic mass is 9.92. The fourth-order valence-electron chi connectivity index (χ4n) is 4.25. The number of halogens is 2. The molecule has 1 saturated carbocycles. The van der Waals surface area contributed by atoms with Crippen molar-refractivity contribution < 1.29 is 13.9 Å². The second-order valence-electron chi connectivity index (χ2n) is 8.55. The Morgan fingerprint density at radius 2 is 2.18 bits per heavy atom. The summed E-state index contributed by atoms with van der Waals surface area (Å²) in [5, 5.41) is 3.82. The second kappa shape index (κ2) is 9.56. The summed E-state index contributed by atoms with van der Waals surface area (Å²) >= 11 is 5.93. The third-order valence-corrected chi connectivity index (χ3v) is 6.68. The highest BCUT2D eigenvalue weighted by molar-refractivity contribution is 6.31. The maximum Gasteiger partial charge on any atom is 0.250 e. The number of benzene rings is 2. The van der Waals surface area contributed by atoms with Gasteiger partial charge in [-0.15, -0.1) is 0 Å². The molecular weight excluding hydrogens is 457 g/mol. The molecule has 0 unspecified atom stereocenters. The molecule has 34 heavy (non-hydrogen) atoms. The molecular formula is C25H25ClFN5O2. The van der Waals surface area contributed by atoms with Crippen LogP contribution >= 0.6 is 11.6 Å². The Hall–Kier alpha value is -3.23. The molecule has 0 bridgehead atoms. The van der Waals surface area contributed by atoms with Crippen molar-refractivity contribution in [1.29, 1.82) is 0 Å². The molecule has 0 spiro atoms. The van der Waals surface area contributed by atoms with Crippen molar-refractivity contribution in [3.8, 4) is 5.75 Å². The summed E-state index contributed by atoms with van der Waals surface area (Å²) in [6.45, 7) is 1.54. The van der Waals surface area contributed by atoms with Gasteiger partial charge in [-0.1, -0.05) is 24.1 Å². The predicted molar refractivity (Wildman–Crippen MR) is 131 cm³/mol. The normalized spacial score (nSPS) is 15.9. The summed E-state index contributed by atoms with van der Waals surface area (Å²) < 4.78 is 19.6. The van der Waals surface area contributed by atoms with Crippen LogP contribution in [0.1, 0.15) is 19.3 Å². The van der Waals surface area contributed by atoms with E-state index in [1.165, 1.54) is 37.7 Å². The average Bonchev–Trinajstić information content (AvgIpc) is 2.79. The van der Waals surface area contributed by atoms with Crippen molar-refractivity contribution in [2.24, 2.45) is 0 Å². The summed E-state index contributed by atoms with van der Waals surface area (Å²) in [4.78, 5) is 25.8. The van der Waals surface area contributed by atoms with Gasteiger partial charge < -0.3 is 15.0 Å². The van der Waals surface area contributed by atoms with E-state index in [0.717, 1.165) is 6.54 Å². The van der Waals surface area contributed by atoms with Crippen molar-refractivity contribution in [1.82, 2.24) is 14.9 Å². The smallest absolute Gasteiger partial charge is 0.250 e. The number of ether oxygens (including phenoxy) is 1. The van der Waals surface area contributed by atoms with E-state index in [9.17, 15) is 9.18 Å². The Balaban J connectivity index is 1.43. The molecule has 0 radical (unpaired) electrons. The number of nitrogens with one attached hydrogen (secondary N) is 1. The van der Waals surface area contributed by atoms with Gasteiger partial charge in [-0.2, -0.15) is 0 Å². The van der Waals surface area contributed by atoms with Crippen molar-refractivity contribution in [2.45, 2.75) is 25.3 Å². The maximum atomic E-state index is 13.6. The van der Waals surface area contributed by atoms with Crippen LogP contribution in [0.25, 0.3) is 10.9 Å². The number of carbonyl (C=O) groups is 1. The van der Waals surface area contributed by atoms with Crippen molar-refractivity contribution in [2.75, 3.05) is 37.0 Å². The molecule has 2 heterocycles. The van der Waals surface area contributed by atoms with Crippen LogP contribution in [0.4, 0.5) is 21.6 Å². The minimum Gasteiger partial charge on any atom is -0.489 e. The maximum absolute atomic E-state index is 13.6. The van der Waals surface area contributed by atoms with E-state index >= 15 is 0 Å². The van der Waals surface area contributed by atoms with Gasteiger partial charge in [0.15, 0.2) is 5.75 Å². The van der Waals surface area contributed by atoms with E-state index < -0.39 is 5.82 Å². The Bertz CT molecular complexity index is 1260. The molecule has 0 saturated heterocycles. The van der Waals surface area contributed by atoms with Crippen LogP contribution < -0.4 is 15.0 Å². The first-order valence-electron chi connectivity index (χ1n) is 11.3. The van der Waals surface area contributed by atoms with Gasteiger partial charge in [0.05, 0.1) is 28.2 Å². The molecule has 2 aliphatic rings. The molecule has 9 heteroatoms. The van der Waals surface area contributed by atoms with Gasteiger partial charge >= 0.3 is 0 Å². The molecule has 1 aliphatic heterocycles. The monoisotopic (exact) mass is 481 g/mol. The first-order valence-corrected chi connectivity index (χ1v) is 11.7. The van der Waals surface area contributed by atoms with Crippen LogP contribution in [0.15, 0.2) is 48.8 Å². The number of carbonyl (C=O) groups excluding carboxylic acids is 1. The lowest BCUT2D eigenvalue weighted by Gasteiger charge is -2.34. The van der Waals surface area contributed by atoms with E-state index in [2.05, 4.69) is 27.2 Å². The standard InChI is InChI=1S/C25H25ClFN5O2/c1-31(17-4-2-5-17)11-3-6-22(33)32-12-13-34-24-21(32)10-9-20-23(24)25(29-15-28-20)30-16-7-8-19(27)18(26)14-16/h3,6-10,14-15,17H,2,4-5,11-13H2,1H3,(H,28,29,30)/b6-3+. The van der Waals surface area contributed by atoms with Crippen LogP contribution in [0.3, 0.4) is 0 Å². The Morgan fingerprint density at radius 3 is 2.94 bits per heavy atom. The number of hydrogen-bond acceptors (Lipinski definition) is 6. The van der Waals surface area contributed by atoms with E-state index in [1.807, 2.05) is 18.2 Å². The first kappa shape index (κ1) is 22.6. The minimum atomic E-state index is -0.499. The van der Waals surface area contributed by atoms with Gasteiger partial charge in [0, 0.05) is 24.4 Å². The largest absolute Gasteiger partial charge is 0.489 e. The number of aromatic nitrogens is 2. The molecule has 5 rings (SSSR count). The highest BCUT2D eigenvalue weighted by Crippen LogP contribution is 2.41. The third kappa shape index (κ3) is 4.43. The van der Waals surface area contributed by atoms with Gasteiger partial charge in [0.1, 0.15) is 24.6 Å². The molecule has 0 atom stereocenters. The minimum absolute atomic E-state index is 0.00755. The van der Waals surface area contributed by atoms with E-state index in [1.54, 1.807) is 17.0 Å². The highest BCUT2D eigenvalue weighted by Gasteiger charge is 2.26. The number of anilines is 3. The number of hydrogen-bond donors (Lipinski definition) is 1. The highest BCUT2D eigenvalue weighted by atomic mass is 35.5. The summed E-state index contributed by atoms with van der Waals surface area (Å²) in [6.07, 6.45) is 8.73. The van der Waals surface area contributed by atoms with Crippen LogP contribution in [-0.2, 0) is 4.79 Å². The fourth-order valence-corrected chi connectivity index (χ4v) is 4.43. The van der Waals surface area contributed by atoms with Gasteiger partial charge in [0.25, 0.3) is 5.91 Å². The Labute approximate surface area is 202 Å². The van der Waals surface area contributed by atoms with Gasteiger partial charge in [-0.3, -0.25) is 9.69 Å². The number of likely N-dealkylation sites (N-methyl/N-ethyl adjacent to an activating group) is 1. The third-order valence-electron chi connectivity index (χ3n) is 6.39.